The second-order valence-corrected chi connectivity index (χ2v) is 5.21. The number of nitrogens with zero attached hydrogens (tertiary/aromatic N) is 1. The van der Waals surface area contributed by atoms with Crippen molar-refractivity contribution in [2.75, 3.05) is 6.54 Å². The normalized spacial score (nSPS) is 17.5. The quantitative estimate of drug-likeness (QED) is 0.902. The van der Waals surface area contributed by atoms with Crippen LogP contribution in [0.2, 0.25) is 0 Å². The van der Waals surface area contributed by atoms with E-state index < -0.39 is 0 Å². The molecule has 1 aliphatic carbocycles. The third-order valence-corrected chi connectivity index (χ3v) is 4.05. The first-order valence-electron chi connectivity index (χ1n) is 7.07. The molecule has 2 heteroatoms. The number of nitrogens with one attached hydrogen (secondary N) is 1. The van der Waals surface area contributed by atoms with Crippen LogP contribution < -0.4 is 5.32 Å². The number of hydrogen-bond donors (Lipinski definition) is 1. The van der Waals surface area contributed by atoms with Crippen molar-refractivity contribution in [3.05, 3.63) is 53.3 Å². The molecular formula is C17H20N2. The number of aromatic nitrogens is 1. The first kappa shape index (κ1) is 12.4. The number of pyridine rings is 1. The SMILES string of the molecule is CCNC1CCc2c(-c3cnccc3C)cccc21. The van der Waals surface area contributed by atoms with E-state index in [1.165, 1.54) is 34.2 Å². The predicted molar refractivity (Wildman–Crippen MR) is 79.1 cm³/mol. The van der Waals surface area contributed by atoms with Crippen molar-refractivity contribution in [3.8, 4) is 11.1 Å². The molecular weight excluding hydrogens is 232 g/mol. The molecule has 2 nitrogen and oxygen atoms in total. The molecule has 19 heavy (non-hydrogen) atoms. The Morgan fingerprint density at radius 3 is 2.95 bits per heavy atom. The molecule has 0 amide bonds. The lowest BCUT2D eigenvalue weighted by atomic mass is 9.95. The van der Waals surface area contributed by atoms with Crippen LogP contribution in [-0.2, 0) is 6.42 Å². The van der Waals surface area contributed by atoms with Crippen LogP contribution in [-0.4, -0.2) is 11.5 Å². The second kappa shape index (κ2) is 5.14. The van der Waals surface area contributed by atoms with Gasteiger partial charge in [0.05, 0.1) is 0 Å². The fraction of sp³-hybridized carbons (Fsp3) is 0.353. The third-order valence-electron chi connectivity index (χ3n) is 4.05. The molecule has 1 aromatic carbocycles. The maximum atomic E-state index is 4.29. The summed E-state index contributed by atoms with van der Waals surface area (Å²) in [5.41, 5.74) is 6.92. The van der Waals surface area contributed by atoms with Crippen LogP contribution in [0.5, 0.6) is 0 Å². The van der Waals surface area contributed by atoms with Gasteiger partial charge in [-0.15, -0.1) is 0 Å². The van der Waals surface area contributed by atoms with E-state index in [0.717, 1.165) is 13.0 Å². The zero-order valence-electron chi connectivity index (χ0n) is 11.6. The van der Waals surface area contributed by atoms with Gasteiger partial charge in [0, 0.05) is 24.0 Å². The average molecular weight is 252 g/mol. The minimum atomic E-state index is 0.525. The Hall–Kier alpha value is -1.67. The predicted octanol–water partition coefficient (Wildman–Crippen LogP) is 3.65. The van der Waals surface area contributed by atoms with Crippen molar-refractivity contribution < 1.29 is 0 Å². The summed E-state index contributed by atoms with van der Waals surface area (Å²) in [5, 5.41) is 3.58. The Balaban J connectivity index is 2.08. The van der Waals surface area contributed by atoms with E-state index in [1.54, 1.807) is 0 Å². The Labute approximate surface area is 114 Å². The fourth-order valence-corrected chi connectivity index (χ4v) is 3.11. The highest BCUT2D eigenvalue weighted by Gasteiger charge is 2.24. The highest BCUT2D eigenvalue weighted by Crippen LogP contribution is 2.38. The lowest BCUT2D eigenvalue weighted by Crippen LogP contribution is -2.18. The number of hydrogen-bond acceptors (Lipinski definition) is 2. The minimum Gasteiger partial charge on any atom is -0.310 e. The molecule has 1 N–H and O–H groups in total. The van der Waals surface area contributed by atoms with E-state index in [0.29, 0.717) is 6.04 Å². The van der Waals surface area contributed by atoms with Gasteiger partial charge in [-0.2, -0.15) is 0 Å². The number of benzene rings is 1. The zero-order chi connectivity index (χ0) is 13.2. The average Bonchev–Trinajstić information content (AvgIpc) is 2.83. The Bertz CT molecular complexity index is 590. The maximum Gasteiger partial charge on any atom is 0.0349 e. The summed E-state index contributed by atoms with van der Waals surface area (Å²) < 4.78 is 0. The van der Waals surface area contributed by atoms with E-state index >= 15 is 0 Å². The van der Waals surface area contributed by atoms with Gasteiger partial charge in [0.25, 0.3) is 0 Å². The summed E-state index contributed by atoms with van der Waals surface area (Å²) in [6, 6.07) is 9.29. The van der Waals surface area contributed by atoms with Crippen LogP contribution in [0.1, 0.15) is 36.1 Å². The van der Waals surface area contributed by atoms with E-state index in [1.807, 2.05) is 12.4 Å². The molecule has 0 bridgehead atoms. The summed E-state index contributed by atoms with van der Waals surface area (Å²) in [6.45, 7) is 5.36. The molecule has 1 aliphatic rings. The maximum absolute atomic E-state index is 4.29. The smallest absolute Gasteiger partial charge is 0.0349 e. The van der Waals surface area contributed by atoms with Crippen LogP contribution in [0, 0.1) is 6.92 Å². The molecule has 0 saturated carbocycles. The Kier molecular flexibility index (Phi) is 3.34. The van der Waals surface area contributed by atoms with E-state index in [-0.39, 0.29) is 0 Å². The summed E-state index contributed by atoms with van der Waals surface area (Å²) in [4.78, 5) is 4.29. The van der Waals surface area contributed by atoms with Gasteiger partial charge < -0.3 is 5.32 Å². The third kappa shape index (κ3) is 2.17. The molecule has 0 saturated heterocycles. The molecule has 0 fully saturated rings. The van der Waals surface area contributed by atoms with Gasteiger partial charge in [-0.25, -0.2) is 0 Å². The Morgan fingerprint density at radius 1 is 1.26 bits per heavy atom. The standard InChI is InChI=1S/C17H20N2/c1-3-19-17-8-7-14-13(5-4-6-15(14)17)16-11-18-10-9-12(16)2/h4-6,9-11,17,19H,3,7-8H2,1-2H3. The first-order valence-corrected chi connectivity index (χ1v) is 7.07. The highest BCUT2D eigenvalue weighted by atomic mass is 14.9. The van der Waals surface area contributed by atoms with Gasteiger partial charge in [-0.05, 0) is 54.6 Å². The van der Waals surface area contributed by atoms with Gasteiger partial charge in [0.1, 0.15) is 0 Å². The van der Waals surface area contributed by atoms with Gasteiger partial charge in [-0.1, -0.05) is 25.1 Å². The van der Waals surface area contributed by atoms with E-state index in [4.69, 9.17) is 0 Å². The molecule has 1 aromatic heterocycles. The highest BCUT2D eigenvalue weighted by molar-refractivity contribution is 5.72. The lowest BCUT2D eigenvalue weighted by Gasteiger charge is -2.14. The molecule has 2 aromatic rings. The van der Waals surface area contributed by atoms with Crippen LogP contribution in [0.4, 0.5) is 0 Å². The van der Waals surface area contributed by atoms with E-state index in [2.05, 4.69) is 48.4 Å². The summed E-state index contributed by atoms with van der Waals surface area (Å²) >= 11 is 0. The summed E-state index contributed by atoms with van der Waals surface area (Å²) in [7, 11) is 0. The molecule has 0 radical (unpaired) electrons. The topological polar surface area (TPSA) is 24.9 Å². The van der Waals surface area contributed by atoms with Gasteiger partial charge in [0.15, 0.2) is 0 Å². The zero-order valence-corrected chi connectivity index (χ0v) is 11.6. The summed E-state index contributed by atoms with van der Waals surface area (Å²) in [5.74, 6) is 0. The van der Waals surface area contributed by atoms with Gasteiger partial charge >= 0.3 is 0 Å². The van der Waals surface area contributed by atoms with Crippen LogP contribution >= 0.6 is 0 Å². The van der Waals surface area contributed by atoms with Crippen LogP contribution in [0.3, 0.4) is 0 Å². The van der Waals surface area contributed by atoms with Crippen molar-refractivity contribution in [1.29, 1.82) is 0 Å². The molecule has 1 unspecified atom stereocenters. The van der Waals surface area contributed by atoms with Crippen molar-refractivity contribution in [3.63, 3.8) is 0 Å². The summed E-state index contributed by atoms with van der Waals surface area (Å²) in [6.07, 6.45) is 6.23. The van der Waals surface area contributed by atoms with E-state index in [9.17, 15) is 0 Å². The molecule has 1 atom stereocenters. The second-order valence-electron chi connectivity index (χ2n) is 5.21. The number of fused-ring (bicyclic) bond motifs is 1. The number of aryl methyl sites for hydroxylation is 1. The van der Waals surface area contributed by atoms with Gasteiger partial charge in [-0.3, -0.25) is 4.98 Å². The molecule has 98 valence electrons. The van der Waals surface area contributed by atoms with Crippen molar-refractivity contribution in [2.45, 2.75) is 32.7 Å². The minimum absolute atomic E-state index is 0.525. The van der Waals surface area contributed by atoms with Crippen LogP contribution in [0.25, 0.3) is 11.1 Å². The molecule has 0 aliphatic heterocycles. The largest absolute Gasteiger partial charge is 0.310 e. The van der Waals surface area contributed by atoms with Crippen molar-refractivity contribution >= 4 is 0 Å². The fourth-order valence-electron chi connectivity index (χ4n) is 3.11. The molecule has 1 heterocycles. The lowest BCUT2D eigenvalue weighted by molar-refractivity contribution is 0.549. The monoisotopic (exact) mass is 252 g/mol. The van der Waals surface area contributed by atoms with Gasteiger partial charge in [0.2, 0.25) is 0 Å². The molecule has 0 spiro atoms. The molecule has 3 rings (SSSR count). The number of rotatable bonds is 3. The van der Waals surface area contributed by atoms with Crippen molar-refractivity contribution in [2.24, 2.45) is 0 Å². The van der Waals surface area contributed by atoms with Crippen molar-refractivity contribution in [1.82, 2.24) is 10.3 Å². The van der Waals surface area contributed by atoms with Crippen LogP contribution in [0.15, 0.2) is 36.7 Å². The Morgan fingerprint density at radius 2 is 2.16 bits per heavy atom. The first-order chi connectivity index (χ1) is 9.31.